The fraction of sp³-hybridized carbons (Fsp3) is 0.625. The van der Waals surface area contributed by atoms with Crippen LogP contribution in [0.15, 0.2) is 12.1 Å². The van der Waals surface area contributed by atoms with Gasteiger partial charge in [0.2, 0.25) is 0 Å². The van der Waals surface area contributed by atoms with Crippen molar-refractivity contribution in [2.24, 2.45) is 0 Å². The van der Waals surface area contributed by atoms with E-state index in [1.807, 2.05) is 27.7 Å². The van der Waals surface area contributed by atoms with Crippen LogP contribution in [0.3, 0.4) is 0 Å². The number of nitrogens with zero attached hydrogens (tertiary/aromatic N) is 1. The van der Waals surface area contributed by atoms with E-state index in [9.17, 15) is 4.39 Å². The van der Waals surface area contributed by atoms with Crippen LogP contribution >= 0.6 is 0 Å². The second-order valence-electron chi connectivity index (χ2n) is 6.26. The number of nitrogen functional groups attached to an aromatic ring is 1. The van der Waals surface area contributed by atoms with Crippen molar-refractivity contribution in [1.82, 2.24) is 0 Å². The maximum Gasteiger partial charge on any atom is 0.167 e. The van der Waals surface area contributed by atoms with Gasteiger partial charge in [-0.25, -0.2) is 4.39 Å². The van der Waals surface area contributed by atoms with Crippen molar-refractivity contribution in [1.29, 1.82) is 0 Å². The lowest BCUT2D eigenvalue weighted by atomic mass is 10.0. The molecule has 118 valence electrons. The van der Waals surface area contributed by atoms with Crippen LogP contribution in [0.5, 0.6) is 5.75 Å². The van der Waals surface area contributed by atoms with Crippen LogP contribution in [0, 0.1) is 5.82 Å². The van der Waals surface area contributed by atoms with Gasteiger partial charge in [-0.1, -0.05) is 6.92 Å². The number of hydrogen-bond acceptors (Lipinski definition) is 4. The minimum absolute atomic E-state index is 0.0956. The first kappa shape index (κ1) is 15.9. The summed E-state index contributed by atoms with van der Waals surface area (Å²) in [7, 11) is 0. The van der Waals surface area contributed by atoms with Gasteiger partial charge in [0.25, 0.3) is 0 Å². The second-order valence-corrected chi connectivity index (χ2v) is 6.26. The van der Waals surface area contributed by atoms with Crippen LogP contribution in [0.1, 0.15) is 34.1 Å². The molecule has 1 aromatic rings. The van der Waals surface area contributed by atoms with E-state index >= 15 is 0 Å². The van der Waals surface area contributed by atoms with Gasteiger partial charge in [0.05, 0.1) is 29.7 Å². The summed E-state index contributed by atoms with van der Waals surface area (Å²) in [6.07, 6.45) is 0.930. The second kappa shape index (κ2) is 6.10. The Bertz CT molecular complexity index is 505. The van der Waals surface area contributed by atoms with Gasteiger partial charge in [0.15, 0.2) is 11.6 Å². The highest BCUT2D eigenvalue weighted by Gasteiger charge is 2.32. The lowest BCUT2D eigenvalue weighted by Gasteiger charge is -2.43. The monoisotopic (exact) mass is 296 g/mol. The number of benzene rings is 1. The van der Waals surface area contributed by atoms with Crippen molar-refractivity contribution in [2.75, 3.05) is 30.3 Å². The fourth-order valence-electron chi connectivity index (χ4n) is 2.79. The summed E-state index contributed by atoms with van der Waals surface area (Å²) in [5.41, 5.74) is 6.99. The van der Waals surface area contributed by atoms with Crippen LogP contribution < -0.4 is 15.4 Å². The summed E-state index contributed by atoms with van der Waals surface area (Å²) in [5, 5.41) is 0. The molecular formula is C16H25FN2O2. The van der Waals surface area contributed by atoms with E-state index in [1.54, 1.807) is 6.07 Å². The number of ether oxygens (including phenoxy) is 2. The van der Waals surface area contributed by atoms with Gasteiger partial charge >= 0.3 is 0 Å². The number of rotatable bonds is 4. The molecule has 21 heavy (non-hydrogen) atoms. The number of halogens is 1. The van der Waals surface area contributed by atoms with Gasteiger partial charge in [-0.3, -0.25) is 0 Å². The van der Waals surface area contributed by atoms with Gasteiger partial charge in [0, 0.05) is 25.2 Å². The van der Waals surface area contributed by atoms with Crippen molar-refractivity contribution in [3.8, 4) is 5.75 Å². The van der Waals surface area contributed by atoms with Crippen LogP contribution in [-0.4, -0.2) is 31.4 Å². The maximum absolute atomic E-state index is 13.9. The predicted molar refractivity (Wildman–Crippen MR) is 83.4 cm³/mol. The Hall–Kier alpha value is -1.49. The Balaban J connectivity index is 2.29. The van der Waals surface area contributed by atoms with Crippen LogP contribution in [-0.2, 0) is 4.74 Å². The molecule has 1 unspecified atom stereocenters. The summed E-state index contributed by atoms with van der Waals surface area (Å²) in [6.45, 7) is 10.0. The average molecular weight is 296 g/mol. The molecule has 5 heteroatoms. The Morgan fingerprint density at radius 2 is 2.19 bits per heavy atom. The van der Waals surface area contributed by atoms with Crippen molar-refractivity contribution in [3.05, 3.63) is 17.9 Å². The number of nitrogens with two attached hydrogens (primary N) is 1. The van der Waals surface area contributed by atoms with Crippen molar-refractivity contribution < 1.29 is 13.9 Å². The minimum Gasteiger partial charge on any atom is -0.490 e. The Morgan fingerprint density at radius 1 is 1.48 bits per heavy atom. The molecule has 0 spiro atoms. The molecule has 1 fully saturated rings. The molecule has 0 aliphatic carbocycles. The van der Waals surface area contributed by atoms with Crippen LogP contribution in [0.2, 0.25) is 0 Å². The smallest absolute Gasteiger partial charge is 0.167 e. The van der Waals surface area contributed by atoms with E-state index in [0.29, 0.717) is 18.8 Å². The molecule has 2 N–H and O–H groups in total. The molecule has 1 saturated heterocycles. The van der Waals surface area contributed by atoms with E-state index in [2.05, 4.69) is 4.90 Å². The third-order valence-electron chi connectivity index (χ3n) is 3.45. The van der Waals surface area contributed by atoms with Crippen LogP contribution in [0.4, 0.5) is 15.8 Å². The fourth-order valence-corrected chi connectivity index (χ4v) is 2.79. The predicted octanol–water partition coefficient (Wildman–Crippen LogP) is 3.20. The first-order chi connectivity index (χ1) is 9.82. The van der Waals surface area contributed by atoms with Crippen LogP contribution in [0.25, 0.3) is 0 Å². The number of hydrogen-bond donors (Lipinski definition) is 1. The van der Waals surface area contributed by atoms with E-state index in [1.165, 1.54) is 6.07 Å². The molecule has 0 amide bonds. The van der Waals surface area contributed by atoms with E-state index < -0.39 is 5.82 Å². The van der Waals surface area contributed by atoms with Gasteiger partial charge in [0.1, 0.15) is 0 Å². The lowest BCUT2D eigenvalue weighted by Crippen LogP contribution is -2.52. The molecule has 1 aromatic carbocycles. The molecule has 1 aliphatic heterocycles. The van der Waals surface area contributed by atoms with E-state index in [0.717, 1.165) is 18.7 Å². The molecule has 4 nitrogen and oxygen atoms in total. The molecule has 0 radical (unpaired) electrons. The summed E-state index contributed by atoms with van der Waals surface area (Å²) < 4.78 is 25.3. The first-order valence-electron chi connectivity index (χ1n) is 7.47. The molecule has 0 aromatic heterocycles. The lowest BCUT2D eigenvalue weighted by molar-refractivity contribution is -0.0749. The van der Waals surface area contributed by atoms with Gasteiger partial charge in [-0.15, -0.1) is 0 Å². The van der Waals surface area contributed by atoms with E-state index in [4.69, 9.17) is 15.2 Å². The summed E-state index contributed by atoms with van der Waals surface area (Å²) >= 11 is 0. The highest BCUT2D eigenvalue weighted by molar-refractivity contribution is 5.70. The van der Waals surface area contributed by atoms with Gasteiger partial charge in [-0.2, -0.15) is 0 Å². The Labute approximate surface area is 126 Å². The topological polar surface area (TPSA) is 47.7 Å². The quantitative estimate of drug-likeness (QED) is 0.867. The highest BCUT2D eigenvalue weighted by Crippen LogP contribution is 2.34. The standard InChI is InChI=1S/C16H25FN2O2/c1-5-6-20-15-8-14(13(18)7-12(15)17)19-9-11(2)21-16(3,4)10-19/h7-8,11H,5-6,9-10,18H2,1-4H3. The minimum atomic E-state index is -0.412. The maximum atomic E-state index is 13.9. The zero-order valence-electron chi connectivity index (χ0n) is 13.3. The molecule has 1 aliphatic rings. The van der Waals surface area contributed by atoms with Gasteiger partial charge < -0.3 is 20.1 Å². The molecule has 0 saturated carbocycles. The highest BCUT2D eigenvalue weighted by atomic mass is 19.1. The zero-order valence-corrected chi connectivity index (χ0v) is 13.3. The molecule has 1 atom stereocenters. The first-order valence-corrected chi connectivity index (χ1v) is 7.47. The zero-order chi connectivity index (χ0) is 15.6. The van der Waals surface area contributed by atoms with Crippen molar-refractivity contribution in [2.45, 2.75) is 45.8 Å². The summed E-state index contributed by atoms with van der Waals surface area (Å²) in [6, 6.07) is 3.04. The SMILES string of the molecule is CCCOc1cc(N2CC(C)OC(C)(C)C2)c(N)cc1F. The van der Waals surface area contributed by atoms with E-state index in [-0.39, 0.29) is 17.5 Å². The largest absolute Gasteiger partial charge is 0.490 e. The normalized spacial score (nSPS) is 21.4. The van der Waals surface area contributed by atoms with Crippen molar-refractivity contribution >= 4 is 11.4 Å². The molecular weight excluding hydrogens is 271 g/mol. The van der Waals surface area contributed by atoms with Gasteiger partial charge in [-0.05, 0) is 27.2 Å². The number of morpholine rings is 1. The summed E-state index contributed by atoms with van der Waals surface area (Å²) in [4.78, 5) is 2.14. The molecule has 0 bridgehead atoms. The Kier molecular flexibility index (Phi) is 4.61. The third-order valence-corrected chi connectivity index (χ3v) is 3.45. The Morgan fingerprint density at radius 3 is 2.81 bits per heavy atom. The number of anilines is 2. The average Bonchev–Trinajstić information content (AvgIpc) is 2.35. The summed E-state index contributed by atoms with van der Waals surface area (Å²) in [5.74, 6) is -0.150. The molecule has 2 rings (SSSR count). The molecule has 1 heterocycles. The van der Waals surface area contributed by atoms with Crippen molar-refractivity contribution in [3.63, 3.8) is 0 Å². The third kappa shape index (κ3) is 3.79.